The van der Waals surface area contributed by atoms with E-state index in [1.165, 1.54) is 25.7 Å². The second-order valence-electron chi connectivity index (χ2n) is 3.54. The zero-order chi connectivity index (χ0) is 8.10. The lowest BCUT2D eigenvalue weighted by molar-refractivity contribution is 0.0616. The van der Waals surface area contributed by atoms with Crippen LogP contribution in [0.3, 0.4) is 0 Å². The first-order valence-corrected chi connectivity index (χ1v) is 4.55. The van der Waals surface area contributed by atoms with Crippen LogP contribution in [0.15, 0.2) is 0 Å². The first-order valence-electron chi connectivity index (χ1n) is 4.55. The summed E-state index contributed by atoms with van der Waals surface area (Å²) in [6.45, 7) is 1.89. The quantitative estimate of drug-likeness (QED) is 0.572. The van der Waals surface area contributed by atoms with Crippen molar-refractivity contribution in [2.24, 2.45) is 0 Å². The Morgan fingerprint density at radius 1 is 1.18 bits per heavy atom. The van der Waals surface area contributed by atoms with E-state index in [0.717, 1.165) is 13.2 Å². The zero-order valence-corrected chi connectivity index (χ0v) is 7.68. The van der Waals surface area contributed by atoms with E-state index < -0.39 is 0 Å². The Kier molecular flexibility index (Phi) is 3.87. The highest BCUT2D eigenvalue weighted by atomic mass is 16.5. The Bertz CT molecular complexity index is 95.7. The van der Waals surface area contributed by atoms with Crippen LogP contribution in [0.2, 0.25) is 0 Å². The first kappa shape index (κ1) is 9.01. The molecule has 1 heterocycles. The zero-order valence-electron chi connectivity index (χ0n) is 7.68. The lowest BCUT2D eigenvalue weighted by atomic mass is 10.1. The second kappa shape index (κ2) is 4.73. The van der Waals surface area contributed by atoms with Gasteiger partial charge in [0.2, 0.25) is 0 Å². The van der Waals surface area contributed by atoms with Gasteiger partial charge in [0.25, 0.3) is 0 Å². The lowest BCUT2D eigenvalue weighted by Gasteiger charge is -2.25. The molecule has 1 aliphatic rings. The minimum atomic E-state index is 0.648. The fourth-order valence-electron chi connectivity index (χ4n) is 1.47. The van der Waals surface area contributed by atoms with E-state index in [9.17, 15) is 0 Å². The van der Waals surface area contributed by atoms with Crippen molar-refractivity contribution < 1.29 is 4.74 Å². The normalized spacial score (nSPS) is 28.1. The molecule has 1 atom stereocenters. The molecule has 0 amide bonds. The Morgan fingerprint density at radius 2 is 2.00 bits per heavy atom. The van der Waals surface area contributed by atoms with Crippen molar-refractivity contribution in [3.05, 3.63) is 0 Å². The van der Waals surface area contributed by atoms with E-state index in [2.05, 4.69) is 19.0 Å². The molecule has 66 valence electrons. The Morgan fingerprint density at radius 3 is 2.73 bits per heavy atom. The maximum absolute atomic E-state index is 5.51. The van der Waals surface area contributed by atoms with E-state index >= 15 is 0 Å². The third-order valence-corrected chi connectivity index (χ3v) is 2.37. The number of hydrogen-bond acceptors (Lipinski definition) is 2. The van der Waals surface area contributed by atoms with Crippen LogP contribution < -0.4 is 0 Å². The fourth-order valence-corrected chi connectivity index (χ4v) is 1.47. The van der Waals surface area contributed by atoms with Gasteiger partial charge in [-0.25, -0.2) is 0 Å². The number of likely N-dealkylation sites (N-methyl/N-ethyl adjacent to an activating group) is 1. The molecule has 0 saturated carbocycles. The van der Waals surface area contributed by atoms with Gasteiger partial charge in [-0.2, -0.15) is 0 Å². The van der Waals surface area contributed by atoms with Gasteiger partial charge >= 0.3 is 0 Å². The summed E-state index contributed by atoms with van der Waals surface area (Å²) >= 11 is 0. The molecule has 0 unspecified atom stereocenters. The standard InChI is InChI=1S/C9H19NO/c1-10(2)9-6-4-3-5-7-11-8-9/h9H,3-8H2,1-2H3/t9-/m0/s1. The summed E-state index contributed by atoms with van der Waals surface area (Å²) < 4.78 is 5.51. The van der Waals surface area contributed by atoms with E-state index in [1.807, 2.05) is 0 Å². The molecule has 0 aromatic heterocycles. The van der Waals surface area contributed by atoms with Crippen molar-refractivity contribution in [3.8, 4) is 0 Å². The van der Waals surface area contributed by atoms with Crippen LogP contribution in [-0.4, -0.2) is 38.3 Å². The van der Waals surface area contributed by atoms with Crippen molar-refractivity contribution in [2.75, 3.05) is 27.3 Å². The molecule has 1 fully saturated rings. The van der Waals surface area contributed by atoms with Crippen LogP contribution in [0.5, 0.6) is 0 Å². The maximum atomic E-state index is 5.51. The average molecular weight is 157 g/mol. The monoisotopic (exact) mass is 157 g/mol. The van der Waals surface area contributed by atoms with Crippen molar-refractivity contribution in [3.63, 3.8) is 0 Å². The van der Waals surface area contributed by atoms with Gasteiger partial charge in [-0.05, 0) is 26.9 Å². The van der Waals surface area contributed by atoms with Gasteiger partial charge in [-0.15, -0.1) is 0 Å². The summed E-state index contributed by atoms with van der Waals surface area (Å²) in [7, 11) is 4.27. The molecule has 0 N–H and O–H groups in total. The van der Waals surface area contributed by atoms with Crippen LogP contribution in [0.1, 0.15) is 25.7 Å². The molecule has 1 aliphatic heterocycles. The number of rotatable bonds is 1. The van der Waals surface area contributed by atoms with Gasteiger partial charge in [0, 0.05) is 12.6 Å². The highest BCUT2D eigenvalue weighted by Crippen LogP contribution is 2.11. The molecule has 0 bridgehead atoms. The molecule has 2 nitrogen and oxygen atoms in total. The molecular formula is C9H19NO. The van der Waals surface area contributed by atoms with Crippen LogP contribution in [0.25, 0.3) is 0 Å². The molecule has 0 spiro atoms. The highest BCUT2D eigenvalue weighted by Gasteiger charge is 2.12. The number of nitrogens with zero attached hydrogens (tertiary/aromatic N) is 1. The summed E-state index contributed by atoms with van der Waals surface area (Å²) in [6, 6.07) is 0.648. The van der Waals surface area contributed by atoms with E-state index in [4.69, 9.17) is 4.74 Å². The molecule has 1 rings (SSSR count). The molecule has 0 aliphatic carbocycles. The predicted molar refractivity (Wildman–Crippen MR) is 46.8 cm³/mol. The summed E-state index contributed by atoms with van der Waals surface area (Å²) in [6.07, 6.45) is 5.25. The molecule has 0 radical (unpaired) electrons. The molecule has 0 aromatic rings. The average Bonchev–Trinajstić information content (AvgIpc) is 1.84. The number of hydrogen-bond donors (Lipinski definition) is 0. The van der Waals surface area contributed by atoms with Crippen molar-refractivity contribution in [2.45, 2.75) is 31.7 Å². The number of ether oxygens (including phenoxy) is 1. The first-order chi connectivity index (χ1) is 5.30. The van der Waals surface area contributed by atoms with Crippen molar-refractivity contribution in [1.29, 1.82) is 0 Å². The smallest absolute Gasteiger partial charge is 0.0621 e. The van der Waals surface area contributed by atoms with Crippen LogP contribution in [-0.2, 0) is 4.74 Å². The van der Waals surface area contributed by atoms with Crippen molar-refractivity contribution in [1.82, 2.24) is 4.90 Å². The van der Waals surface area contributed by atoms with E-state index in [-0.39, 0.29) is 0 Å². The summed E-state index contributed by atoms with van der Waals surface area (Å²) in [5.74, 6) is 0. The summed E-state index contributed by atoms with van der Waals surface area (Å²) in [5.41, 5.74) is 0. The SMILES string of the molecule is CN(C)[C@H]1CCCCCOC1. The lowest BCUT2D eigenvalue weighted by Crippen LogP contribution is -2.33. The summed E-state index contributed by atoms with van der Waals surface area (Å²) in [4.78, 5) is 2.27. The van der Waals surface area contributed by atoms with Gasteiger partial charge in [0.15, 0.2) is 0 Å². The third kappa shape index (κ3) is 3.21. The maximum Gasteiger partial charge on any atom is 0.0621 e. The third-order valence-electron chi connectivity index (χ3n) is 2.37. The second-order valence-corrected chi connectivity index (χ2v) is 3.54. The van der Waals surface area contributed by atoms with Crippen molar-refractivity contribution >= 4 is 0 Å². The Hall–Kier alpha value is -0.0800. The van der Waals surface area contributed by atoms with Crippen LogP contribution >= 0.6 is 0 Å². The van der Waals surface area contributed by atoms with E-state index in [0.29, 0.717) is 6.04 Å². The molecule has 11 heavy (non-hydrogen) atoms. The Balaban J connectivity index is 2.26. The predicted octanol–water partition coefficient (Wildman–Crippen LogP) is 1.51. The summed E-state index contributed by atoms with van der Waals surface area (Å²) in [5, 5.41) is 0. The van der Waals surface area contributed by atoms with Gasteiger partial charge in [-0.1, -0.05) is 12.8 Å². The molecule has 2 heteroatoms. The van der Waals surface area contributed by atoms with E-state index in [1.54, 1.807) is 0 Å². The topological polar surface area (TPSA) is 12.5 Å². The minimum absolute atomic E-state index is 0.648. The van der Waals surface area contributed by atoms with Crippen LogP contribution in [0.4, 0.5) is 0 Å². The van der Waals surface area contributed by atoms with Gasteiger partial charge in [0.1, 0.15) is 0 Å². The molecular weight excluding hydrogens is 138 g/mol. The largest absolute Gasteiger partial charge is 0.380 e. The highest BCUT2D eigenvalue weighted by molar-refractivity contribution is 4.67. The molecule has 0 aromatic carbocycles. The van der Waals surface area contributed by atoms with Crippen LogP contribution in [0, 0.1) is 0 Å². The Labute approximate surface area is 69.5 Å². The fraction of sp³-hybridized carbons (Fsp3) is 1.00. The minimum Gasteiger partial charge on any atom is -0.380 e. The van der Waals surface area contributed by atoms with Gasteiger partial charge < -0.3 is 9.64 Å². The van der Waals surface area contributed by atoms with Gasteiger partial charge in [0.05, 0.1) is 6.61 Å². The molecule has 1 saturated heterocycles. The van der Waals surface area contributed by atoms with Gasteiger partial charge in [-0.3, -0.25) is 0 Å².